The summed E-state index contributed by atoms with van der Waals surface area (Å²) in [7, 11) is 0. The summed E-state index contributed by atoms with van der Waals surface area (Å²) in [4.78, 5) is 11.7. The average Bonchev–Trinajstić information content (AvgIpc) is 2.17. The van der Waals surface area contributed by atoms with E-state index in [1.807, 2.05) is 0 Å². The third-order valence-electron chi connectivity index (χ3n) is 1.89. The molecule has 0 radical (unpaired) electrons. The van der Waals surface area contributed by atoms with Crippen LogP contribution in [0.25, 0.3) is 0 Å². The Labute approximate surface area is 119 Å². The highest BCUT2D eigenvalue weighted by molar-refractivity contribution is 6.70. The third-order valence-corrected chi connectivity index (χ3v) is 3.74. The van der Waals surface area contributed by atoms with Crippen molar-refractivity contribution in [2.45, 2.75) is 15.6 Å². The predicted octanol–water partition coefficient (Wildman–Crippen LogP) is 4.89. The van der Waals surface area contributed by atoms with Gasteiger partial charge in [0.2, 0.25) is 3.79 Å². The number of carbonyl (C=O) groups is 1. The second-order valence-electron chi connectivity index (χ2n) is 3.14. The van der Waals surface area contributed by atoms with Gasteiger partial charge in [-0.1, -0.05) is 46.4 Å². The first-order valence-electron chi connectivity index (χ1n) is 4.30. The van der Waals surface area contributed by atoms with Crippen LogP contribution in [0.4, 0.5) is 0 Å². The first-order chi connectivity index (χ1) is 7.30. The quantitative estimate of drug-likeness (QED) is 0.572. The van der Waals surface area contributed by atoms with Crippen LogP contribution >= 0.6 is 58.0 Å². The van der Waals surface area contributed by atoms with Crippen LogP contribution in [-0.2, 0) is 0 Å². The van der Waals surface area contributed by atoms with E-state index in [1.54, 1.807) is 24.3 Å². The van der Waals surface area contributed by atoms with Crippen molar-refractivity contribution in [1.82, 2.24) is 0 Å². The molecule has 0 spiro atoms. The first-order valence-corrected chi connectivity index (χ1v) is 6.25. The molecule has 16 heavy (non-hydrogen) atoms. The number of halogens is 5. The summed E-state index contributed by atoms with van der Waals surface area (Å²) in [5, 5.41) is -0.305. The molecule has 0 aliphatic rings. The fourth-order valence-electron chi connectivity index (χ4n) is 1.03. The van der Waals surface area contributed by atoms with Crippen molar-refractivity contribution in [3.63, 3.8) is 0 Å². The first kappa shape index (κ1) is 14.4. The van der Waals surface area contributed by atoms with Gasteiger partial charge >= 0.3 is 0 Å². The Kier molecular flexibility index (Phi) is 5.21. The molecule has 1 rings (SSSR count). The van der Waals surface area contributed by atoms with Gasteiger partial charge in [0.25, 0.3) is 0 Å². The molecule has 0 saturated carbocycles. The summed E-state index contributed by atoms with van der Waals surface area (Å²) in [6.07, 6.45) is -0.0420. The summed E-state index contributed by atoms with van der Waals surface area (Å²) < 4.78 is -1.65. The molecule has 0 amide bonds. The minimum atomic E-state index is -1.65. The Morgan fingerprint density at radius 3 is 2.12 bits per heavy atom. The highest BCUT2D eigenvalue weighted by atomic mass is 35.6. The van der Waals surface area contributed by atoms with Crippen LogP contribution in [-0.4, -0.2) is 15.0 Å². The molecule has 1 aromatic rings. The zero-order chi connectivity index (χ0) is 12.3. The van der Waals surface area contributed by atoms with E-state index >= 15 is 0 Å². The lowest BCUT2D eigenvalue weighted by Crippen LogP contribution is -2.22. The van der Waals surface area contributed by atoms with Gasteiger partial charge in [0, 0.05) is 17.0 Å². The summed E-state index contributed by atoms with van der Waals surface area (Å²) >= 11 is 28.2. The van der Waals surface area contributed by atoms with Gasteiger partial charge in [0.1, 0.15) is 0 Å². The van der Waals surface area contributed by atoms with Gasteiger partial charge in [-0.15, -0.1) is 11.6 Å². The maximum Gasteiger partial charge on any atom is 0.207 e. The standard InChI is InChI=1S/C10H7Cl5O/c11-7-3-1-6(2-4-7)8(16)5-9(12)10(13,14)15/h1-4,9H,5H2. The molecule has 1 aromatic carbocycles. The number of Topliss-reactive ketones (excluding diaryl/α,β-unsaturated/α-hetero) is 1. The summed E-state index contributed by atoms with van der Waals surface area (Å²) in [5.41, 5.74) is 0.490. The monoisotopic (exact) mass is 318 g/mol. The number of hydrogen-bond donors (Lipinski definition) is 0. The normalized spacial score (nSPS) is 13.6. The predicted molar refractivity (Wildman–Crippen MR) is 70.3 cm³/mol. The number of rotatable bonds is 3. The van der Waals surface area contributed by atoms with Crippen molar-refractivity contribution < 1.29 is 4.79 Å². The van der Waals surface area contributed by atoms with Gasteiger partial charge < -0.3 is 0 Å². The molecule has 0 aliphatic carbocycles. The molecule has 0 saturated heterocycles. The smallest absolute Gasteiger partial charge is 0.207 e. The SMILES string of the molecule is O=C(CC(Cl)C(Cl)(Cl)Cl)c1ccc(Cl)cc1. The lowest BCUT2D eigenvalue weighted by molar-refractivity contribution is 0.0981. The second-order valence-corrected chi connectivity index (χ2v) is 6.48. The number of carbonyl (C=O) groups excluding carboxylic acids is 1. The van der Waals surface area contributed by atoms with Crippen LogP contribution in [0.1, 0.15) is 16.8 Å². The Morgan fingerprint density at radius 2 is 1.69 bits per heavy atom. The molecule has 0 bridgehead atoms. The number of alkyl halides is 4. The van der Waals surface area contributed by atoms with E-state index in [-0.39, 0.29) is 12.2 Å². The zero-order valence-electron chi connectivity index (χ0n) is 7.89. The highest BCUT2D eigenvalue weighted by Crippen LogP contribution is 2.36. The molecule has 1 atom stereocenters. The molecule has 0 heterocycles. The molecule has 6 heteroatoms. The van der Waals surface area contributed by atoms with Crippen molar-refractivity contribution in [1.29, 1.82) is 0 Å². The van der Waals surface area contributed by atoms with E-state index in [2.05, 4.69) is 0 Å². The molecule has 0 N–H and O–H groups in total. The van der Waals surface area contributed by atoms with Crippen LogP contribution in [0, 0.1) is 0 Å². The molecule has 0 aromatic heterocycles. The summed E-state index contributed by atoms with van der Waals surface area (Å²) in [6.45, 7) is 0. The highest BCUT2D eigenvalue weighted by Gasteiger charge is 2.32. The van der Waals surface area contributed by atoms with Crippen molar-refractivity contribution in [2.75, 3.05) is 0 Å². The topological polar surface area (TPSA) is 17.1 Å². The number of hydrogen-bond acceptors (Lipinski definition) is 1. The Morgan fingerprint density at radius 1 is 1.19 bits per heavy atom. The molecular formula is C10H7Cl5O. The van der Waals surface area contributed by atoms with E-state index in [0.717, 1.165) is 0 Å². The maximum absolute atomic E-state index is 11.7. The van der Waals surface area contributed by atoms with Gasteiger partial charge in [-0.2, -0.15) is 0 Å². The fourth-order valence-corrected chi connectivity index (χ4v) is 1.53. The van der Waals surface area contributed by atoms with Gasteiger partial charge in [0.15, 0.2) is 5.78 Å². The van der Waals surface area contributed by atoms with E-state index in [4.69, 9.17) is 58.0 Å². The Hall–Kier alpha value is 0.340. The van der Waals surface area contributed by atoms with Crippen molar-refractivity contribution in [2.24, 2.45) is 0 Å². The van der Waals surface area contributed by atoms with Crippen LogP contribution in [0.15, 0.2) is 24.3 Å². The van der Waals surface area contributed by atoms with E-state index in [9.17, 15) is 4.79 Å². The molecule has 88 valence electrons. The summed E-state index contributed by atoms with van der Waals surface area (Å²) in [5.74, 6) is -0.192. The van der Waals surface area contributed by atoms with Crippen LogP contribution in [0.2, 0.25) is 5.02 Å². The van der Waals surface area contributed by atoms with E-state index in [0.29, 0.717) is 10.6 Å². The van der Waals surface area contributed by atoms with Gasteiger partial charge in [0.05, 0.1) is 5.38 Å². The zero-order valence-corrected chi connectivity index (χ0v) is 11.7. The van der Waals surface area contributed by atoms with Gasteiger partial charge in [-0.25, -0.2) is 0 Å². The fraction of sp³-hybridized carbons (Fsp3) is 0.300. The van der Waals surface area contributed by atoms with Gasteiger partial charge in [-0.3, -0.25) is 4.79 Å². The Balaban J connectivity index is 2.70. The largest absolute Gasteiger partial charge is 0.294 e. The van der Waals surface area contributed by atoms with Crippen molar-refractivity contribution >= 4 is 63.8 Å². The third kappa shape index (κ3) is 4.31. The minimum absolute atomic E-state index is 0.0420. The van der Waals surface area contributed by atoms with Crippen LogP contribution in [0.5, 0.6) is 0 Å². The minimum Gasteiger partial charge on any atom is -0.294 e. The lowest BCUT2D eigenvalue weighted by atomic mass is 10.1. The molecule has 1 nitrogen and oxygen atoms in total. The molecule has 0 aliphatic heterocycles. The van der Waals surface area contributed by atoms with Crippen LogP contribution in [0.3, 0.4) is 0 Å². The van der Waals surface area contributed by atoms with Gasteiger partial charge in [-0.05, 0) is 24.3 Å². The maximum atomic E-state index is 11.7. The van der Waals surface area contributed by atoms with Crippen molar-refractivity contribution in [3.8, 4) is 0 Å². The average molecular weight is 320 g/mol. The number of ketones is 1. The molecule has 0 fully saturated rings. The Bertz CT molecular complexity index is 368. The summed E-state index contributed by atoms with van der Waals surface area (Å²) in [6, 6.07) is 6.44. The number of benzene rings is 1. The molecule has 1 unspecified atom stereocenters. The van der Waals surface area contributed by atoms with Crippen molar-refractivity contribution in [3.05, 3.63) is 34.9 Å². The van der Waals surface area contributed by atoms with E-state index in [1.165, 1.54) is 0 Å². The molecular weight excluding hydrogens is 313 g/mol. The second kappa shape index (κ2) is 5.79. The lowest BCUT2D eigenvalue weighted by Gasteiger charge is -2.16. The van der Waals surface area contributed by atoms with E-state index < -0.39 is 9.17 Å². The van der Waals surface area contributed by atoms with Crippen LogP contribution < -0.4 is 0 Å².